The second kappa shape index (κ2) is 11.9. The zero-order chi connectivity index (χ0) is 34.8. The molecular weight excluding hydrogens is 609 g/mol. The molecule has 250 valence electrons. The molecular formula is C46H46N4. The van der Waals surface area contributed by atoms with Crippen molar-refractivity contribution < 1.29 is 0 Å². The molecule has 0 fully saturated rings. The molecule has 4 heteroatoms. The van der Waals surface area contributed by atoms with Gasteiger partial charge in [0, 0.05) is 33.6 Å². The fourth-order valence-corrected chi connectivity index (χ4v) is 7.82. The molecule has 0 atom stereocenters. The van der Waals surface area contributed by atoms with E-state index < -0.39 is 0 Å². The van der Waals surface area contributed by atoms with Crippen molar-refractivity contribution in [3.8, 4) is 16.9 Å². The molecule has 0 N–H and O–H groups in total. The van der Waals surface area contributed by atoms with E-state index in [1.807, 2.05) is 6.20 Å². The van der Waals surface area contributed by atoms with E-state index >= 15 is 0 Å². The van der Waals surface area contributed by atoms with E-state index in [2.05, 4.69) is 190 Å². The molecule has 0 unspecified atom stereocenters. The van der Waals surface area contributed by atoms with Crippen LogP contribution in [0.1, 0.15) is 71.1 Å². The first-order valence-electron chi connectivity index (χ1n) is 17.9. The second-order valence-electron chi connectivity index (χ2n) is 15.6. The minimum Gasteiger partial charge on any atom is -0.347 e. The van der Waals surface area contributed by atoms with Crippen molar-refractivity contribution in [2.75, 3.05) is 16.5 Å². The Balaban J connectivity index is 1.23. The van der Waals surface area contributed by atoms with Crippen LogP contribution in [0.25, 0.3) is 38.8 Å². The van der Waals surface area contributed by atoms with Crippen LogP contribution in [-0.2, 0) is 5.41 Å². The fourth-order valence-electron chi connectivity index (χ4n) is 7.82. The molecule has 50 heavy (non-hydrogen) atoms. The number of fused-ring (bicyclic) bond motifs is 4. The Labute approximate surface area is 296 Å². The summed E-state index contributed by atoms with van der Waals surface area (Å²) in [6.45, 7) is 16.9. The van der Waals surface area contributed by atoms with Gasteiger partial charge in [0.05, 0.1) is 29.1 Å². The van der Waals surface area contributed by atoms with Crippen LogP contribution in [0.5, 0.6) is 0 Å². The minimum absolute atomic E-state index is 0.0157. The van der Waals surface area contributed by atoms with Crippen LogP contribution in [-0.4, -0.2) is 21.8 Å². The Morgan fingerprint density at radius 2 is 1.32 bits per heavy atom. The summed E-state index contributed by atoms with van der Waals surface area (Å²) in [5.41, 5.74) is 12.2. The van der Waals surface area contributed by atoms with Gasteiger partial charge in [0.2, 0.25) is 0 Å². The number of para-hydroxylation sites is 3. The molecule has 5 aromatic carbocycles. The smallest absolute Gasteiger partial charge is 0.138 e. The molecule has 3 heterocycles. The van der Waals surface area contributed by atoms with Gasteiger partial charge in [-0.3, -0.25) is 4.57 Å². The molecule has 0 amide bonds. The topological polar surface area (TPSA) is 24.3 Å². The first-order chi connectivity index (χ1) is 24.0. The minimum atomic E-state index is -0.250. The van der Waals surface area contributed by atoms with Gasteiger partial charge in [0.1, 0.15) is 5.82 Å². The standard InChI is InChI=1S/C46H46N4/c1-31(2)36-17-8-9-18-37(36)32-25-26-47-44(27-32)50-40-20-11-10-19-38(40)39-24-23-34(29-43(39)50)46(6,7)33-15-14-16-35(28-33)48-30-49(45(3,4)5)42-22-13-12-21-41(42)48/h8-29,31H,30H2,1-7H3. The van der Waals surface area contributed by atoms with Crippen LogP contribution >= 0.6 is 0 Å². The summed E-state index contributed by atoms with van der Waals surface area (Å²) in [6, 6.07) is 46.8. The molecule has 4 nitrogen and oxygen atoms in total. The van der Waals surface area contributed by atoms with E-state index in [0.717, 1.165) is 18.0 Å². The van der Waals surface area contributed by atoms with Gasteiger partial charge < -0.3 is 9.80 Å². The van der Waals surface area contributed by atoms with Crippen LogP contribution in [0, 0.1) is 0 Å². The van der Waals surface area contributed by atoms with E-state index in [1.54, 1.807) is 0 Å². The summed E-state index contributed by atoms with van der Waals surface area (Å²) in [5, 5.41) is 2.47. The van der Waals surface area contributed by atoms with E-state index in [4.69, 9.17) is 4.98 Å². The molecule has 0 aliphatic carbocycles. The van der Waals surface area contributed by atoms with Gasteiger partial charge >= 0.3 is 0 Å². The third-order valence-electron chi connectivity index (χ3n) is 10.7. The molecule has 0 saturated heterocycles. The van der Waals surface area contributed by atoms with Crippen LogP contribution in [0.15, 0.2) is 134 Å². The Morgan fingerprint density at radius 3 is 2.12 bits per heavy atom. The average molecular weight is 655 g/mol. The number of hydrogen-bond acceptors (Lipinski definition) is 3. The van der Waals surface area contributed by atoms with Crippen molar-refractivity contribution in [3.05, 3.63) is 150 Å². The van der Waals surface area contributed by atoms with Crippen molar-refractivity contribution in [2.24, 2.45) is 0 Å². The Morgan fingerprint density at radius 1 is 0.620 bits per heavy atom. The number of aromatic nitrogens is 2. The lowest BCUT2D eigenvalue weighted by atomic mass is 9.77. The number of hydrogen-bond donors (Lipinski definition) is 0. The van der Waals surface area contributed by atoms with E-state index in [1.165, 1.54) is 61.2 Å². The third-order valence-corrected chi connectivity index (χ3v) is 10.7. The number of nitrogens with zero attached hydrogens (tertiary/aromatic N) is 4. The van der Waals surface area contributed by atoms with E-state index in [9.17, 15) is 0 Å². The van der Waals surface area contributed by atoms with Gasteiger partial charge in [-0.1, -0.05) is 107 Å². The summed E-state index contributed by atoms with van der Waals surface area (Å²) >= 11 is 0. The van der Waals surface area contributed by atoms with Gasteiger partial charge in [-0.05, 0) is 103 Å². The molecule has 0 radical (unpaired) electrons. The molecule has 0 saturated carbocycles. The Hall–Kier alpha value is -5.35. The van der Waals surface area contributed by atoms with Crippen molar-refractivity contribution in [1.82, 2.24) is 9.55 Å². The van der Waals surface area contributed by atoms with Gasteiger partial charge in [0.25, 0.3) is 0 Å². The molecule has 1 aliphatic rings. The van der Waals surface area contributed by atoms with E-state index in [-0.39, 0.29) is 11.0 Å². The highest BCUT2D eigenvalue weighted by Crippen LogP contribution is 2.45. The molecule has 0 spiro atoms. The molecule has 7 aromatic rings. The quantitative estimate of drug-likeness (QED) is 0.178. The average Bonchev–Trinajstić information content (AvgIpc) is 3.68. The van der Waals surface area contributed by atoms with Crippen LogP contribution < -0.4 is 9.80 Å². The van der Waals surface area contributed by atoms with Gasteiger partial charge in [-0.25, -0.2) is 4.98 Å². The summed E-state index contributed by atoms with van der Waals surface area (Å²) in [4.78, 5) is 9.94. The van der Waals surface area contributed by atoms with Gasteiger partial charge in [-0.15, -0.1) is 0 Å². The molecule has 2 aromatic heterocycles. The Kier molecular flexibility index (Phi) is 7.60. The van der Waals surface area contributed by atoms with Crippen LogP contribution in [0.3, 0.4) is 0 Å². The summed E-state index contributed by atoms with van der Waals surface area (Å²) in [6.07, 6.45) is 1.96. The number of anilines is 3. The SMILES string of the molecule is CC(C)c1ccccc1-c1ccnc(-n2c3ccccc3c3ccc(C(C)(C)c4cccc(N5CN(C(C)(C)C)c6ccccc65)c4)cc32)c1. The zero-order valence-electron chi connectivity index (χ0n) is 30.3. The normalized spacial score (nSPS) is 13.5. The van der Waals surface area contributed by atoms with Crippen LogP contribution in [0.4, 0.5) is 17.1 Å². The van der Waals surface area contributed by atoms with Crippen molar-refractivity contribution in [2.45, 2.75) is 65.3 Å². The first kappa shape index (κ1) is 31.9. The highest BCUT2D eigenvalue weighted by molar-refractivity contribution is 6.09. The number of benzene rings is 5. The predicted octanol–water partition coefficient (Wildman–Crippen LogP) is 12.0. The lowest BCUT2D eigenvalue weighted by Crippen LogP contribution is -2.42. The second-order valence-corrected chi connectivity index (χ2v) is 15.6. The van der Waals surface area contributed by atoms with Gasteiger partial charge in [-0.2, -0.15) is 0 Å². The number of rotatable bonds is 6. The summed E-state index contributed by atoms with van der Waals surface area (Å²) in [7, 11) is 0. The summed E-state index contributed by atoms with van der Waals surface area (Å²) in [5.74, 6) is 1.36. The van der Waals surface area contributed by atoms with Crippen LogP contribution in [0.2, 0.25) is 0 Å². The Bertz CT molecular complexity index is 2370. The van der Waals surface area contributed by atoms with Crippen molar-refractivity contribution in [1.29, 1.82) is 0 Å². The lowest BCUT2D eigenvalue weighted by Gasteiger charge is -2.34. The monoisotopic (exact) mass is 654 g/mol. The van der Waals surface area contributed by atoms with Crippen molar-refractivity contribution in [3.63, 3.8) is 0 Å². The highest BCUT2D eigenvalue weighted by Gasteiger charge is 2.34. The van der Waals surface area contributed by atoms with E-state index in [0.29, 0.717) is 5.92 Å². The van der Waals surface area contributed by atoms with Gasteiger partial charge in [0.15, 0.2) is 0 Å². The first-order valence-corrected chi connectivity index (χ1v) is 17.9. The fraction of sp³-hybridized carbons (Fsp3) is 0.239. The molecule has 1 aliphatic heterocycles. The predicted molar refractivity (Wildman–Crippen MR) is 212 cm³/mol. The molecule has 8 rings (SSSR count). The maximum Gasteiger partial charge on any atom is 0.138 e. The highest BCUT2D eigenvalue weighted by atomic mass is 15.4. The third kappa shape index (κ3) is 5.26. The molecule has 0 bridgehead atoms. The zero-order valence-corrected chi connectivity index (χ0v) is 30.3. The largest absolute Gasteiger partial charge is 0.347 e. The maximum absolute atomic E-state index is 4.98. The number of pyridine rings is 1. The lowest BCUT2D eigenvalue weighted by molar-refractivity contribution is 0.518. The summed E-state index contributed by atoms with van der Waals surface area (Å²) < 4.78 is 2.35. The maximum atomic E-state index is 4.98. The van der Waals surface area contributed by atoms with Crippen molar-refractivity contribution >= 4 is 38.9 Å².